The molecule has 0 atom stereocenters. The zero-order valence-corrected chi connectivity index (χ0v) is 7.53. The summed E-state index contributed by atoms with van der Waals surface area (Å²) in [4.78, 5) is 1.79. The first-order valence-electron chi connectivity index (χ1n) is 3.40. The Morgan fingerprint density at radius 1 is 0.727 bits per heavy atom. The third kappa shape index (κ3) is 8.09. The predicted molar refractivity (Wildman–Crippen MR) is 48.1 cm³/mol. The van der Waals surface area contributed by atoms with E-state index in [2.05, 4.69) is 0 Å². The molecule has 5 heteroatoms. The zero-order valence-electron chi connectivity index (χ0n) is 6.53. The molecule has 0 saturated heterocycles. The quantitative estimate of drug-likeness (QED) is 0.463. The second kappa shape index (κ2) is 10.2. The highest BCUT2D eigenvalue weighted by molar-refractivity contribution is 7.59. The molecule has 11 heavy (non-hydrogen) atoms. The zero-order chi connectivity index (χ0) is 7.82. The minimum absolute atomic E-state index is 0. The molecule has 0 aromatic heterocycles. The molecule has 0 saturated carbocycles. The van der Waals surface area contributed by atoms with E-state index >= 15 is 0 Å². The molecule has 0 heterocycles. The van der Waals surface area contributed by atoms with Crippen LogP contribution in [0.1, 0.15) is 0 Å². The molecule has 70 valence electrons. The van der Waals surface area contributed by atoms with Crippen LogP contribution in [0.2, 0.25) is 0 Å². The van der Waals surface area contributed by atoms with E-state index in [-0.39, 0.29) is 33.3 Å². The van der Waals surface area contributed by atoms with Crippen LogP contribution in [0.4, 0.5) is 0 Å². The summed E-state index contributed by atoms with van der Waals surface area (Å²) in [7, 11) is 0. The van der Waals surface area contributed by atoms with E-state index in [1.807, 2.05) is 0 Å². The molecule has 4 nitrogen and oxygen atoms in total. The SMILES string of the molecule is OCCN(CCO)CCO.S. The van der Waals surface area contributed by atoms with E-state index in [1.165, 1.54) is 0 Å². The van der Waals surface area contributed by atoms with Crippen molar-refractivity contribution in [2.45, 2.75) is 0 Å². The Kier molecular flexibility index (Phi) is 12.7. The van der Waals surface area contributed by atoms with Gasteiger partial charge in [-0.3, -0.25) is 4.90 Å². The monoisotopic (exact) mass is 183 g/mol. The average Bonchev–Trinajstić information content (AvgIpc) is 1.90. The summed E-state index contributed by atoms with van der Waals surface area (Å²) in [5, 5.41) is 25.5. The van der Waals surface area contributed by atoms with Crippen molar-refractivity contribution in [2.24, 2.45) is 0 Å². The van der Waals surface area contributed by atoms with Crippen LogP contribution >= 0.6 is 13.5 Å². The topological polar surface area (TPSA) is 63.9 Å². The Morgan fingerprint density at radius 3 is 1.18 bits per heavy atom. The van der Waals surface area contributed by atoms with E-state index in [9.17, 15) is 0 Å². The minimum atomic E-state index is 0. The summed E-state index contributed by atoms with van der Waals surface area (Å²) in [6.45, 7) is 1.75. The molecule has 0 fully saturated rings. The molecule has 0 amide bonds. The Bertz CT molecular complexity index is 60.6. The van der Waals surface area contributed by atoms with Crippen LogP contribution in [-0.4, -0.2) is 59.7 Å². The Hall–Kier alpha value is 0.190. The molecule has 0 bridgehead atoms. The third-order valence-electron chi connectivity index (χ3n) is 1.25. The first-order chi connectivity index (χ1) is 4.85. The number of nitrogens with zero attached hydrogens (tertiary/aromatic N) is 1. The van der Waals surface area contributed by atoms with Crippen molar-refractivity contribution in [3.8, 4) is 0 Å². The van der Waals surface area contributed by atoms with Gasteiger partial charge in [0.05, 0.1) is 19.8 Å². The Labute approximate surface area is 73.9 Å². The van der Waals surface area contributed by atoms with Gasteiger partial charge in [-0.25, -0.2) is 0 Å². The molecular weight excluding hydrogens is 166 g/mol. The lowest BCUT2D eigenvalue weighted by Crippen LogP contribution is -2.32. The third-order valence-corrected chi connectivity index (χ3v) is 1.25. The molecule has 0 aliphatic heterocycles. The Balaban J connectivity index is 0. The molecule has 3 N–H and O–H groups in total. The molecule has 0 unspecified atom stereocenters. The maximum absolute atomic E-state index is 8.48. The van der Waals surface area contributed by atoms with Crippen LogP contribution in [0.5, 0.6) is 0 Å². The van der Waals surface area contributed by atoms with Crippen LogP contribution < -0.4 is 0 Å². The summed E-state index contributed by atoms with van der Waals surface area (Å²) in [6.07, 6.45) is 0. The van der Waals surface area contributed by atoms with Gasteiger partial charge in [0, 0.05) is 19.6 Å². The largest absolute Gasteiger partial charge is 0.395 e. The highest BCUT2D eigenvalue weighted by atomic mass is 32.1. The molecule has 0 aromatic carbocycles. The second-order valence-corrected chi connectivity index (χ2v) is 2.01. The van der Waals surface area contributed by atoms with E-state index in [0.717, 1.165) is 0 Å². The van der Waals surface area contributed by atoms with Crippen molar-refractivity contribution in [2.75, 3.05) is 39.5 Å². The van der Waals surface area contributed by atoms with E-state index < -0.39 is 0 Å². The fraction of sp³-hybridized carbons (Fsp3) is 1.00. The van der Waals surface area contributed by atoms with E-state index in [0.29, 0.717) is 19.6 Å². The number of aliphatic hydroxyl groups excluding tert-OH is 3. The maximum Gasteiger partial charge on any atom is 0.0558 e. The van der Waals surface area contributed by atoms with E-state index in [1.54, 1.807) is 4.90 Å². The maximum atomic E-state index is 8.48. The smallest absolute Gasteiger partial charge is 0.0558 e. The van der Waals surface area contributed by atoms with Gasteiger partial charge in [-0.2, -0.15) is 13.5 Å². The van der Waals surface area contributed by atoms with Gasteiger partial charge in [0.25, 0.3) is 0 Å². The fourth-order valence-corrected chi connectivity index (χ4v) is 0.760. The van der Waals surface area contributed by atoms with Crippen molar-refractivity contribution in [3.63, 3.8) is 0 Å². The van der Waals surface area contributed by atoms with Crippen LogP contribution in [0.15, 0.2) is 0 Å². The molecule has 0 radical (unpaired) electrons. The van der Waals surface area contributed by atoms with Crippen molar-refractivity contribution < 1.29 is 15.3 Å². The van der Waals surface area contributed by atoms with Crippen molar-refractivity contribution >= 4 is 13.5 Å². The lowest BCUT2D eigenvalue weighted by atomic mass is 10.4. The van der Waals surface area contributed by atoms with Crippen molar-refractivity contribution in [3.05, 3.63) is 0 Å². The molecule has 0 aliphatic rings. The summed E-state index contributed by atoms with van der Waals surface area (Å²) < 4.78 is 0. The molecule has 0 spiro atoms. The number of hydrogen-bond donors (Lipinski definition) is 3. The lowest BCUT2D eigenvalue weighted by Gasteiger charge is -2.17. The van der Waals surface area contributed by atoms with Gasteiger partial charge in [-0.05, 0) is 0 Å². The van der Waals surface area contributed by atoms with Crippen LogP contribution in [0.25, 0.3) is 0 Å². The van der Waals surface area contributed by atoms with Gasteiger partial charge >= 0.3 is 0 Å². The summed E-state index contributed by atoms with van der Waals surface area (Å²) in [5.41, 5.74) is 0. The molecule has 0 aromatic rings. The van der Waals surface area contributed by atoms with Gasteiger partial charge in [0.1, 0.15) is 0 Å². The van der Waals surface area contributed by atoms with E-state index in [4.69, 9.17) is 15.3 Å². The van der Waals surface area contributed by atoms with Crippen molar-refractivity contribution in [1.82, 2.24) is 4.90 Å². The van der Waals surface area contributed by atoms with Crippen molar-refractivity contribution in [1.29, 1.82) is 0 Å². The molecule has 0 rings (SSSR count). The highest BCUT2D eigenvalue weighted by Crippen LogP contribution is 1.84. The van der Waals surface area contributed by atoms with Crippen LogP contribution in [0, 0.1) is 0 Å². The lowest BCUT2D eigenvalue weighted by molar-refractivity contribution is 0.136. The van der Waals surface area contributed by atoms with Gasteiger partial charge in [0.2, 0.25) is 0 Å². The van der Waals surface area contributed by atoms with Gasteiger partial charge in [-0.1, -0.05) is 0 Å². The summed E-state index contributed by atoms with van der Waals surface area (Å²) in [5.74, 6) is 0. The van der Waals surface area contributed by atoms with Gasteiger partial charge < -0.3 is 15.3 Å². The minimum Gasteiger partial charge on any atom is -0.395 e. The first kappa shape index (κ1) is 13.8. The van der Waals surface area contributed by atoms with Crippen LogP contribution in [0.3, 0.4) is 0 Å². The number of rotatable bonds is 6. The normalized spacial score (nSPS) is 9.82. The van der Waals surface area contributed by atoms with Gasteiger partial charge in [0.15, 0.2) is 0 Å². The Morgan fingerprint density at radius 2 is 1.00 bits per heavy atom. The molecular formula is C6H17NO3S. The standard InChI is InChI=1S/C6H15NO3.H2S/c8-4-1-7(2-5-9)3-6-10;/h8-10H,1-6H2;1H2. The predicted octanol–water partition coefficient (Wildman–Crippen LogP) is -1.62. The number of hydrogen-bond acceptors (Lipinski definition) is 4. The average molecular weight is 183 g/mol. The van der Waals surface area contributed by atoms with Crippen LogP contribution in [-0.2, 0) is 0 Å². The fourth-order valence-electron chi connectivity index (χ4n) is 0.760. The summed E-state index contributed by atoms with van der Waals surface area (Å²) in [6, 6.07) is 0. The highest BCUT2D eigenvalue weighted by Gasteiger charge is 2.00. The first-order valence-corrected chi connectivity index (χ1v) is 3.40. The summed E-state index contributed by atoms with van der Waals surface area (Å²) >= 11 is 0. The van der Waals surface area contributed by atoms with Gasteiger partial charge in [-0.15, -0.1) is 0 Å². The number of aliphatic hydroxyl groups is 3. The second-order valence-electron chi connectivity index (χ2n) is 2.01. The molecule has 0 aliphatic carbocycles.